The number of carbonyl (C=O) groups is 3. The monoisotopic (exact) mass is 869 g/mol. The largest absolute Gasteiger partial charge is 0.477 e. The van der Waals surface area contributed by atoms with E-state index in [1.165, 1.54) is 83.5 Å². The van der Waals surface area contributed by atoms with E-state index in [4.69, 9.17) is 14.2 Å². The van der Waals surface area contributed by atoms with Gasteiger partial charge in [0.15, 0.2) is 12.1 Å². The fourth-order valence-electron chi connectivity index (χ4n) is 6.99. The molecule has 0 saturated heterocycles. The molecular weight excluding hydrogens is 775 g/mol. The number of rotatable bonds is 44. The summed E-state index contributed by atoms with van der Waals surface area (Å²) in [5, 5.41) is 9.65. The summed E-state index contributed by atoms with van der Waals surface area (Å²) in [6.07, 6.45) is 56.7. The van der Waals surface area contributed by atoms with E-state index in [-0.39, 0.29) is 36.2 Å². The molecule has 0 bridgehead atoms. The van der Waals surface area contributed by atoms with Crippen LogP contribution in [-0.2, 0) is 28.6 Å². The van der Waals surface area contributed by atoms with Crippen LogP contribution in [0.1, 0.15) is 200 Å². The summed E-state index contributed by atoms with van der Waals surface area (Å²) in [5.74, 6) is -1.52. The number of unbranched alkanes of at least 4 members (excludes halogenated alkanes) is 18. The Morgan fingerprint density at radius 2 is 0.903 bits per heavy atom. The van der Waals surface area contributed by atoms with Crippen molar-refractivity contribution in [1.29, 1.82) is 0 Å². The van der Waals surface area contributed by atoms with Gasteiger partial charge in [-0.1, -0.05) is 170 Å². The third-order valence-electron chi connectivity index (χ3n) is 10.8. The Hall–Kier alpha value is -3.23. The number of hydrogen-bond donors (Lipinski definition) is 1. The highest BCUT2D eigenvalue weighted by Gasteiger charge is 2.31. The minimum atomic E-state index is -0.883. The van der Waals surface area contributed by atoms with E-state index in [0.717, 1.165) is 83.5 Å². The molecule has 8 heteroatoms. The van der Waals surface area contributed by atoms with Crippen molar-refractivity contribution in [3.8, 4) is 0 Å². The molecule has 0 aliphatic carbocycles. The highest BCUT2D eigenvalue weighted by molar-refractivity contribution is 5.72. The first-order chi connectivity index (χ1) is 30.1. The van der Waals surface area contributed by atoms with Gasteiger partial charge in [0.05, 0.1) is 34.4 Å². The molecule has 356 valence electrons. The number of likely N-dealkylation sites (N-methyl/N-ethyl adjacent to an activating group) is 1. The van der Waals surface area contributed by atoms with E-state index in [9.17, 15) is 19.5 Å². The molecule has 0 aromatic heterocycles. The molecule has 1 N–H and O–H groups in total. The molecule has 0 aliphatic heterocycles. The minimum Gasteiger partial charge on any atom is -0.477 e. The van der Waals surface area contributed by atoms with Gasteiger partial charge in [-0.25, -0.2) is 4.79 Å². The molecule has 2 atom stereocenters. The second-order valence-electron chi connectivity index (χ2n) is 17.7. The van der Waals surface area contributed by atoms with Gasteiger partial charge in [-0.2, -0.15) is 0 Å². The number of esters is 2. The molecule has 0 aromatic rings. The summed E-state index contributed by atoms with van der Waals surface area (Å²) in [7, 11) is 5.51. The van der Waals surface area contributed by atoms with E-state index in [1.54, 1.807) is 0 Å². The van der Waals surface area contributed by atoms with Crippen LogP contribution in [0.3, 0.4) is 0 Å². The lowest BCUT2D eigenvalue weighted by Gasteiger charge is -2.31. The third-order valence-corrected chi connectivity index (χ3v) is 10.8. The first-order valence-electron chi connectivity index (χ1n) is 25.0. The molecular formula is C54H94NO7+. The second-order valence-corrected chi connectivity index (χ2v) is 17.7. The van der Waals surface area contributed by atoms with Crippen molar-refractivity contribution in [3.63, 3.8) is 0 Å². The number of nitrogens with zero attached hydrogens (tertiary/aromatic N) is 1. The van der Waals surface area contributed by atoms with E-state index < -0.39 is 18.1 Å². The Kier molecular flexibility index (Phi) is 42.1. The normalized spacial score (nSPS) is 13.5. The Labute approximate surface area is 381 Å². The first-order valence-corrected chi connectivity index (χ1v) is 25.0. The Bertz CT molecular complexity index is 1240. The maximum atomic E-state index is 12.8. The highest BCUT2D eigenvalue weighted by atomic mass is 16.6. The zero-order valence-electron chi connectivity index (χ0n) is 40.6. The average Bonchev–Trinajstić information content (AvgIpc) is 3.23. The maximum absolute atomic E-state index is 12.8. The lowest BCUT2D eigenvalue weighted by molar-refractivity contribution is -0.887. The van der Waals surface area contributed by atoms with E-state index in [0.29, 0.717) is 19.3 Å². The number of carboxylic acid groups (broad SMARTS) is 1. The number of carbonyl (C=O) groups excluding carboxylic acids is 2. The lowest BCUT2D eigenvalue weighted by Crippen LogP contribution is -2.50. The SMILES string of the molecule is CC/C=C/C/C=C/C/C=C/C/C=C/CCCCCC(=O)OCC(COCCC(C(=O)O)[N+](C)(C)C)OC(=O)CCCCCCCCC/C=C/C/C=C/CCCCCCCCCC. The molecule has 0 rings (SSSR count). The molecule has 0 saturated carbocycles. The van der Waals surface area contributed by atoms with Crippen LogP contribution in [0.5, 0.6) is 0 Å². The van der Waals surface area contributed by atoms with Crippen LogP contribution in [0.25, 0.3) is 0 Å². The number of quaternary nitrogens is 1. The first kappa shape index (κ1) is 58.8. The standard InChI is InChI=1S/C54H93NO7/c1-6-8-10-12-14-16-18-20-22-24-25-26-27-28-29-31-33-35-37-39-41-43-45-53(57)62-50(48-60-47-46-51(54(58)59)55(3,4)5)49-61-52(56)44-42-40-38-36-34-32-30-23-21-19-17-15-13-11-9-7-2/h9,11,15,17,21,23-25,27-28,32,34,50-51H,6-8,10,12-14,16,18-20,22,26,29-31,33,35-49H2,1-5H3/p+1/b11-9+,17-15+,23-21+,25-24+,28-27+,34-32+. The molecule has 0 aliphatic rings. The van der Waals surface area contributed by atoms with Crippen molar-refractivity contribution < 1.29 is 38.2 Å². The molecule has 62 heavy (non-hydrogen) atoms. The molecule has 0 radical (unpaired) electrons. The smallest absolute Gasteiger partial charge is 0.362 e. The van der Waals surface area contributed by atoms with Crippen LogP contribution in [0.4, 0.5) is 0 Å². The maximum Gasteiger partial charge on any atom is 0.362 e. The Morgan fingerprint density at radius 1 is 0.500 bits per heavy atom. The minimum absolute atomic E-state index is 0.0443. The van der Waals surface area contributed by atoms with Crippen molar-refractivity contribution in [2.24, 2.45) is 0 Å². The molecule has 0 heterocycles. The van der Waals surface area contributed by atoms with Crippen molar-refractivity contribution in [1.82, 2.24) is 0 Å². The van der Waals surface area contributed by atoms with Crippen LogP contribution in [0.15, 0.2) is 72.9 Å². The zero-order valence-corrected chi connectivity index (χ0v) is 40.6. The van der Waals surface area contributed by atoms with Crippen LogP contribution >= 0.6 is 0 Å². The Balaban J connectivity index is 4.32. The molecule has 2 unspecified atom stereocenters. The van der Waals surface area contributed by atoms with E-state index >= 15 is 0 Å². The molecule has 0 aromatic carbocycles. The highest BCUT2D eigenvalue weighted by Crippen LogP contribution is 2.14. The lowest BCUT2D eigenvalue weighted by atomic mass is 10.1. The third kappa shape index (κ3) is 42.1. The summed E-state index contributed by atoms with van der Waals surface area (Å²) in [4.78, 5) is 37.1. The van der Waals surface area contributed by atoms with Gasteiger partial charge in [0.2, 0.25) is 0 Å². The number of allylic oxidation sites excluding steroid dienone is 12. The van der Waals surface area contributed by atoms with Gasteiger partial charge < -0.3 is 23.8 Å². The topological polar surface area (TPSA) is 99.1 Å². The van der Waals surface area contributed by atoms with Crippen molar-refractivity contribution in [2.75, 3.05) is 41.0 Å². The summed E-state index contributed by atoms with van der Waals surface area (Å²) in [5.41, 5.74) is 0. The van der Waals surface area contributed by atoms with E-state index in [1.807, 2.05) is 21.1 Å². The summed E-state index contributed by atoms with van der Waals surface area (Å²) < 4.78 is 17.3. The van der Waals surface area contributed by atoms with Crippen LogP contribution in [0, 0.1) is 0 Å². The van der Waals surface area contributed by atoms with Crippen LogP contribution in [-0.4, -0.2) is 80.6 Å². The number of ether oxygens (including phenoxy) is 3. The van der Waals surface area contributed by atoms with Crippen molar-refractivity contribution >= 4 is 17.9 Å². The van der Waals surface area contributed by atoms with E-state index in [2.05, 4.69) is 86.8 Å². The quantitative estimate of drug-likeness (QED) is 0.0282. The van der Waals surface area contributed by atoms with Crippen LogP contribution in [0.2, 0.25) is 0 Å². The summed E-state index contributed by atoms with van der Waals surface area (Å²) in [6.45, 7) is 4.58. The zero-order chi connectivity index (χ0) is 45.6. The van der Waals surface area contributed by atoms with Gasteiger partial charge in [-0.15, -0.1) is 0 Å². The van der Waals surface area contributed by atoms with Gasteiger partial charge in [-0.3, -0.25) is 9.59 Å². The molecule has 0 spiro atoms. The van der Waals surface area contributed by atoms with Gasteiger partial charge in [0, 0.05) is 19.3 Å². The Morgan fingerprint density at radius 3 is 1.35 bits per heavy atom. The average molecular weight is 869 g/mol. The summed E-state index contributed by atoms with van der Waals surface area (Å²) in [6, 6.07) is -0.625. The van der Waals surface area contributed by atoms with Gasteiger partial charge in [-0.05, 0) is 83.5 Å². The van der Waals surface area contributed by atoms with Crippen LogP contribution < -0.4 is 0 Å². The second kappa shape index (κ2) is 44.4. The molecule has 8 nitrogen and oxygen atoms in total. The van der Waals surface area contributed by atoms with Crippen molar-refractivity contribution in [3.05, 3.63) is 72.9 Å². The molecule has 0 amide bonds. The number of hydrogen-bond acceptors (Lipinski definition) is 6. The van der Waals surface area contributed by atoms with Gasteiger partial charge in [0.1, 0.15) is 6.61 Å². The van der Waals surface area contributed by atoms with Crippen molar-refractivity contribution in [2.45, 2.75) is 212 Å². The predicted octanol–water partition coefficient (Wildman–Crippen LogP) is 14.3. The fraction of sp³-hybridized carbons (Fsp3) is 0.722. The number of aliphatic carboxylic acids is 1. The van der Waals surface area contributed by atoms with Gasteiger partial charge in [0.25, 0.3) is 0 Å². The predicted molar refractivity (Wildman–Crippen MR) is 261 cm³/mol. The van der Waals surface area contributed by atoms with Gasteiger partial charge >= 0.3 is 17.9 Å². The number of carboxylic acids is 1. The fourth-order valence-corrected chi connectivity index (χ4v) is 6.99. The summed E-state index contributed by atoms with van der Waals surface area (Å²) >= 11 is 0. The molecule has 0 fully saturated rings.